The fourth-order valence-electron chi connectivity index (χ4n) is 4.95. The molecule has 3 heteroatoms. The number of fused-ring (bicyclic) bond motifs is 3. The maximum atomic E-state index is 10.8. The third-order valence-electron chi connectivity index (χ3n) is 5.73. The van der Waals surface area contributed by atoms with Crippen molar-refractivity contribution in [3.8, 4) is 0 Å². The van der Waals surface area contributed by atoms with Crippen molar-refractivity contribution >= 4 is 5.97 Å². The minimum absolute atomic E-state index is 0.0659. The Morgan fingerprint density at radius 1 is 1.05 bits per heavy atom. The van der Waals surface area contributed by atoms with Crippen LogP contribution in [0.5, 0.6) is 0 Å². The summed E-state index contributed by atoms with van der Waals surface area (Å²) in [5, 5.41) is 18.7. The lowest BCUT2D eigenvalue weighted by molar-refractivity contribution is -0.131. The molecule has 3 saturated carbocycles. The van der Waals surface area contributed by atoms with E-state index in [2.05, 4.69) is 0 Å². The van der Waals surface area contributed by atoms with Gasteiger partial charge in [-0.15, -0.1) is 0 Å². The summed E-state index contributed by atoms with van der Waals surface area (Å²) >= 11 is 0. The first-order valence-corrected chi connectivity index (χ1v) is 7.74. The Hall–Kier alpha value is -0.830. The van der Waals surface area contributed by atoms with E-state index < -0.39 is 5.97 Å². The second-order valence-electron chi connectivity index (χ2n) is 6.78. The van der Waals surface area contributed by atoms with Crippen molar-refractivity contribution in [2.24, 2.45) is 23.7 Å². The summed E-state index contributed by atoms with van der Waals surface area (Å²) in [5.74, 6) is 2.24. The zero-order valence-corrected chi connectivity index (χ0v) is 11.4. The van der Waals surface area contributed by atoms with Crippen LogP contribution in [0, 0.1) is 23.7 Å². The average Bonchev–Trinajstić information content (AvgIpc) is 2.37. The highest BCUT2D eigenvalue weighted by Crippen LogP contribution is 2.52. The first kappa shape index (κ1) is 13.2. The predicted octanol–water partition coefficient (Wildman–Crippen LogP) is 2.98. The van der Waals surface area contributed by atoms with E-state index in [1.807, 2.05) is 0 Å². The van der Waals surface area contributed by atoms with Gasteiger partial charge in [-0.05, 0) is 75.0 Å². The van der Waals surface area contributed by atoms with Crippen LogP contribution in [0.2, 0.25) is 0 Å². The Balaban J connectivity index is 1.69. The summed E-state index contributed by atoms with van der Waals surface area (Å²) in [6.07, 6.45) is 10.2. The molecule has 3 fully saturated rings. The molecule has 0 heterocycles. The number of carboxylic acids is 1. The molecule has 0 saturated heterocycles. The largest absolute Gasteiger partial charge is 0.478 e. The van der Waals surface area contributed by atoms with Crippen LogP contribution in [0.3, 0.4) is 0 Å². The standard InChI is InChI=1S/C16H24O3/c17-13-4-6-15-12(9-13)3-2-11-7-10(8-16(18)19)1-5-14(11)15/h8,11-15,17H,1-7,9H2,(H,18,19)/b10-8-/t11-,12-,13-,14-,15+/m1/s1. The van der Waals surface area contributed by atoms with E-state index in [1.165, 1.54) is 31.8 Å². The number of aliphatic hydroxyl groups is 1. The molecule has 106 valence electrons. The molecule has 3 nitrogen and oxygen atoms in total. The normalized spacial score (nSPS) is 44.5. The van der Waals surface area contributed by atoms with E-state index in [9.17, 15) is 9.90 Å². The average molecular weight is 264 g/mol. The van der Waals surface area contributed by atoms with Crippen molar-refractivity contribution in [1.82, 2.24) is 0 Å². The summed E-state index contributed by atoms with van der Waals surface area (Å²) in [5.41, 5.74) is 1.14. The van der Waals surface area contributed by atoms with Gasteiger partial charge in [0.05, 0.1) is 6.10 Å². The molecule has 2 N–H and O–H groups in total. The highest BCUT2D eigenvalue weighted by molar-refractivity contribution is 5.80. The van der Waals surface area contributed by atoms with Crippen LogP contribution in [-0.2, 0) is 4.79 Å². The summed E-state index contributed by atoms with van der Waals surface area (Å²) in [7, 11) is 0. The van der Waals surface area contributed by atoms with Crippen LogP contribution in [0.25, 0.3) is 0 Å². The zero-order valence-electron chi connectivity index (χ0n) is 11.4. The van der Waals surface area contributed by atoms with Crippen molar-refractivity contribution in [3.05, 3.63) is 11.6 Å². The zero-order chi connectivity index (χ0) is 13.4. The summed E-state index contributed by atoms with van der Waals surface area (Å²) in [4.78, 5) is 10.8. The maximum Gasteiger partial charge on any atom is 0.328 e. The molecular weight excluding hydrogens is 240 g/mol. The number of aliphatic hydroxyl groups excluding tert-OH is 1. The van der Waals surface area contributed by atoms with Crippen molar-refractivity contribution < 1.29 is 15.0 Å². The molecule has 0 unspecified atom stereocenters. The van der Waals surface area contributed by atoms with Gasteiger partial charge in [-0.25, -0.2) is 4.79 Å². The molecule has 0 radical (unpaired) electrons. The van der Waals surface area contributed by atoms with Gasteiger partial charge in [-0.1, -0.05) is 5.57 Å². The molecule has 3 aliphatic carbocycles. The Bertz CT molecular complexity index is 387. The lowest BCUT2D eigenvalue weighted by Crippen LogP contribution is -2.41. The quantitative estimate of drug-likeness (QED) is 0.716. The number of carboxylic acid groups (broad SMARTS) is 1. The third-order valence-corrected chi connectivity index (χ3v) is 5.73. The van der Waals surface area contributed by atoms with E-state index >= 15 is 0 Å². The number of rotatable bonds is 1. The van der Waals surface area contributed by atoms with E-state index in [1.54, 1.807) is 0 Å². The molecule has 3 rings (SSSR count). The van der Waals surface area contributed by atoms with Gasteiger partial charge in [-0.2, -0.15) is 0 Å². The lowest BCUT2D eigenvalue weighted by Gasteiger charge is -2.49. The number of hydrogen-bond donors (Lipinski definition) is 2. The van der Waals surface area contributed by atoms with Crippen molar-refractivity contribution in [2.75, 3.05) is 0 Å². The fraction of sp³-hybridized carbons (Fsp3) is 0.812. The van der Waals surface area contributed by atoms with Crippen LogP contribution in [0.15, 0.2) is 11.6 Å². The van der Waals surface area contributed by atoms with Crippen LogP contribution in [-0.4, -0.2) is 22.3 Å². The molecule has 0 aromatic carbocycles. The topological polar surface area (TPSA) is 57.5 Å². The van der Waals surface area contributed by atoms with E-state index in [0.29, 0.717) is 5.92 Å². The second kappa shape index (κ2) is 5.28. The number of carbonyl (C=O) groups is 1. The van der Waals surface area contributed by atoms with Gasteiger partial charge in [-0.3, -0.25) is 0 Å². The number of allylic oxidation sites excluding steroid dienone is 1. The van der Waals surface area contributed by atoms with Gasteiger partial charge < -0.3 is 10.2 Å². The third kappa shape index (κ3) is 2.71. The Morgan fingerprint density at radius 2 is 1.79 bits per heavy atom. The molecular formula is C16H24O3. The molecule has 3 aliphatic rings. The van der Waals surface area contributed by atoms with Crippen LogP contribution in [0.1, 0.15) is 51.4 Å². The molecule has 19 heavy (non-hydrogen) atoms. The molecule has 0 aromatic rings. The Morgan fingerprint density at radius 3 is 2.58 bits per heavy atom. The molecule has 0 spiro atoms. The van der Waals surface area contributed by atoms with E-state index in [4.69, 9.17) is 5.11 Å². The molecule has 0 aromatic heterocycles. The minimum atomic E-state index is -0.789. The highest BCUT2D eigenvalue weighted by Gasteiger charge is 2.43. The first-order valence-electron chi connectivity index (χ1n) is 7.74. The van der Waals surface area contributed by atoms with E-state index in [0.717, 1.165) is 49.0 Å². The summed E-state index contributed by atoms with van der Waals surface area (Å²) in [6.45, 7) is 0. The SMILES string of the molecule is O=C(O)/C=C1/CC[C@@H]2[C@H](CC[C@@H]3C[C@H](O)CC[C@@H]32)C1. The van der Waals surface area contributed by atoms with Gasteiger partial charge >= 0.3 is 5.97 Å². The summed E-state index contributed by atoms with van der Waals surface area (Å²) < 4.78 is 0. The van der Waals surface area contributed by atoms with Gasteiger partial charge in [0.2, 0.25) is 0 Å². The molecule has 0 aliphatic heterocycles. The van der Waals surface area contributed by atoms with E-state index in [-0.39, 0.29) is 6.10 Å². The lowest BCUT2D eigenvalue weighted by atomic mass is 9.57. The van der Waals surface area contributed by atoms with Crippen LogP contribution < -0.4 is 0 Å². The van der Waals surface area contributed by atoms with Crippen molar-refractivity contribution in [3.63, 3.8) is 0 Å². The highest BCUT2D eigenvalue weighted by atomic mass is 16.4. The first-order chi connectivity index (χ1) is 9.13. The number of aliphatic carboxylic acids is 1. The molecule has 0 bridgehead atoms. The minimum Gasteiger partial charge on any atom is -0.478 e. The molecule has 5 atom stereocenters. The Labute approximate surface area is 114 Å². The predicted molar refractivity (Wildman–Crippen MR) is 72.6 cm³/mol. The molecule has 0 amide bonds. The summed E-state index contributed by atoms with van der Waals surface area (Å²) in [6, 6.07) is 0. The monoisotopic (exact) mass is 264 g/mol. The smallest absolute Gasteiger partial charge is 0.328 e. The van der Waals surface area contributed by atoms with Gasteiger partial charge in [0, 0.05) is 6.08 Å². The van der Waals surface area contributed by atoms with Gasteiger partial charge in [0.15, 0.2) is 0 Å². The maximum absolute atomic E-state index is 10.8. The van der Waals surface area contributed by atoms with Crippen molar-refractivity contribution in [1.29, 1.82) is 0 Å². The van der Waals surface area contributed by atoms with Gasteiger partial charge in [0.1, 0.15) is 0 Å². The Kier molecular flexibility index (Phi) is 3.66. The van der Waals surface area contributed by atoms with Crippen molar-refractivity contribution in [2.45, 2.75) is 57.5 Å². The van der Waals surface area contributed by atoms with Gasteiger partial charge in [0.25, 0.3) is 0 Å². The second-order valence-corrected chi connectivity index (χ2v) is 6.78. The van der Waals surface area contributed by atoms with Crippen LogP contribution >= 0.6 is 0 Å². The van der Waals surface area contributed by atoms with Crippen LogP contribution in [0.4, 0.5) is 0 Å². The fourth-order valence-corrected chi connectivity index (χ4v) is 4.95. The number of hydrogen-bond acceptors (Lipinski definition) is 2.